The molecule has 1 aliphatic carbocycles. The van der Waals surface area contributed by atoms with Gasteiger partial charge in [0.1, 0.15) is 6.10 Å². The number of aliphatic hydroxyl groups excluding tert-OH is 1. The first-order valence-electron chi connectivity index (χ1n) is 13.5. The Morgan fingerprint density at radius 2 is 1.88 bits per heavy atom. The number of fused-ring (bicyclic) bond motifs is 2. The van der Waals surface area contributed by atoms with E-state index in [1.165, 1.54) is 20.3 Å². The minimum absolute atomic E-state index is 0.105. The van der Waals surface area contributed by atoms with E-state index in [9.17, 15) is 24.3 Å². The van der Waals surface area contributed by atoms with Gasteiger partial charge in [0.2, 0.25) is 5.78 Å². The van der Waals surface area contributed by atoms with Gasteiger partial charge in [-0.15, -0.1) is 6.58 Å². The zero-order valence-electron chi connectivity index (χ0n) is 24.6. The number of nitrogens with one attached hydrogen (secondary N) is 1. The van der Waals surface area contributed by atoms with Crippen molar-refractivity contribution in [3.63, 3.8) is 0 Å². The van der Waals surface area contributed by atoms with Gasteiger partial charge >= 0.3 is 6.09 Å². The summed E-state index contributed by atoms with van der Waals surface area (Å²) in [6, 6.07) is 0. The van der Waals surface area contributed by atoms with Crippen LogP contribution in [0.3, 0.4) is 0 Å². The van der Waals surface area contributed by atoms with Crippen LogP contribution < -0.4 is 11.1 Å². The Labute approximate surface area is 241 Å². The molecule has 0 aromatic heterocycles. The van der Waals surface area contributed by atoms with E-state index in [0.717, 1.165) is 6.08 Å². The molecule has 224 valence electrons. The molecule has 2 rings (SSSR count). The van der Waals surface area contributed by atoms with E-state index < -0.39 is 48.1 Å². The standard InChI is InChI=1S/C31H42N2O8/c1-8-10-21-22-13-17(2)14-26(40-7)27(35)19(4)15-20(5)29(41-31(32)38)25(39-6)12-9-11-18(3)30(37)33-23(28(22)36)16-24(21)34/h8-9,11-12,15-17,19,25-27,29,35H,1,10,13-14H2,2-7H3,(H2,32,38)(H,33,37)/t17-,19+,25+,26+,27-,29+/m1/s1. The molecule has 10 nitrogen and oxygen atoms in total. The number of aliphatic hydroxyl groups is 1. The Bertz CT molecular complexity index is 1190. The molecule has 0 aromatic rings. The second kappa shape index (κ2) is 15.4. The smallest absolute Gasteiger partial charge is 0.405 e. The van der Waals surface area contributed by atoms with Crippen molar-refractivity contribution in [3.8, 4) is 0 Å². The molecule has 0 fully saturated rings. The second-order valence-corrected chi connectivity index (χ2v) is 10.5. The summed E-state index contributed by atoms with van der Waals surface area (Å²) in [7, 11) is 2.93. The summed E-state index contributed by atoms with van der Waals surface area (Å²) in [4.78, 5) is 51.1. The average molecular weight is 571 g/mol. The highest BCUT2D eigenvalue weighted by molar-refractivity contribution is 6.23. The molecule has 4 N–H and O–H groups in total. The fourth-order valence-electron chi connectivity index (χ4n) is 5.01. The summed E-state index contributed by atoms with van der Waals surface area (Å²) in [6.07, 6.45) is 5.70. The average Bonchev–Trinajstić information content (AvgIpc) is 2.92. The van der Waals surface area contributed by atoms with Crippen LogP contribution in [-0.2, 0) is 28.6 Å². The monoisotopic (exact) mass is 570 g/mol. The summed E-state index contributed by atoms with van der Waals surface area (Å²) in [5, 5.41) is 13.8. The van der Waals surface area contributed by atoms with Crippen LogP contribution in [-0.4, -0.2) is 67.3 Å². The molecule has 10 heteroatoms. The molecule has 1 heterocycles. The van der Waals surface area contributed by atoms with Crippen LogP contribution in [0.5, 0.6) is 0 Å². The Morgan fingerprint density at radius 3 is 2.46 bits per heavy atom. The van der Waals surface area contributed by atoms with Crippen LogP contribution in [0.15, 0.2) is 71.0 Å². The second-order valence-electron chi connectivity index (χ2n) is 10.5. The minimum Gasteiger partial charge on any atom is -0.439 e. The van der Waals surface area contributed by atoms with Gasteiger partial charge in [-0.25, -0.2) is 4.79 Å². The van der Waals surface area contributed by atoms with Gasteiger partial charge in [-0.05, 0) is 44.6 Å². The molecular weight excluding hydrogens is 528 g/mol. The van der Waals surface area contributed by atoms with Gasteiger partial charge in [0.05, 0.1) is 17.9 Å². The lowest BCUT2D eigenvalue weighted by molar-refractivity contribution is -0.120. The summed E-state index contributed by atoms with van der Waals surface area (Å²) in [5.41, 5.74) is 6.72. The molecular formula is C31H42N2O8. The van der Waals surface area contributed by atoms with Gasteiger partial charge < -0.3 is 30.4 Å². The molecule has 6 atom stereocenters. The van der Waals surface area contributed by atoms with E-state index in [2.05, 4.69) is 11.9 Å². The number of ether oxygens (including phenoxy) is 3. The van der Waals surface area contributed by atoms with E-state index >= 15 is 0 Å². The largest absolute Gasteiger partial charge is 0.439 e. The van der Waals surface area contributed by atoms with Gasteiger partial charge in [-0.3, -0.25) is 14.4 Å². The predicted octanol–water partition coefficient (Wildman–Crippen LogP) is 3.38. The molecule has 1 aliphatic heterocycles. The Kier molecular flexibility index (Phi) is 12.6. The van der Waals surface area contributed by atoms with E-state index in [0.29, 0.717) is 23.1 Å². The van der Waals surface area contributed by atoms with E-state index in [1.807, 2.05) is 6.92 Å². The molecule has 0 spiro atoms. The first-order chi connectivity index (χ1) is 19.3. The third kappa shape index (κ3) is 8.94. The molecule has 0 saturated heterocycles. The number of primary amides is 1. The molecule has 2 bridgehead atoms. The number of methoxy groups -OCH3 is 2. The summed E-state index contributed by atoms with van der Waals surface area (Å²) in [6.45, 7) is 10.7. The number of Topliss-reactive ketones (excluding diaryl/α,β-unsaturated/α-hetero) is 1. The zero-order valence-corrected chi connectivity index (χ0v) is 24.6. The van der Waals surface area contributed by atoms with Gasteiger partial charge in [-0.1, -0.05) is 44.2 Å². The number of rotatable bonds is 5. The maximum Gasteiger partial charge on any atom is 0.405 e. The van der Waals surface area contributed by atoms with Crippen LogP contribution >= 0.6 is 0 Å². The first kappa shape index (κ1) is 33.6. The Hall–Kier alpha value is -3.60. The number of nitrogens with two attached hydrogens (primary N) is 1. The third-order valence-corrected chi connectivity index (χ3v) is 7.26. The number of hydrogen-bond acceptors (Lipinski definition) is 8. The highest BCUT2D eigenvalue weighted by atomic mass is 16.6. The summed E-state index contributed by atoms with van der Waals surface area (Å²) >= 11 is 0. The van der Waals surface area contributed by atoms with E-state index in [4.69, 9.17) is 19.9 Å². The topological polar surface area (TPSA) is 154 Å². The van der Waals surface area contributed by atoms with Crippen molar-refractivity contribution in [1.82, 2.24) is 5.32 Å². The number of carbonyl (C=O) groups is 4. The lowest BCUT2D eigenvalue weighted by Gasteiger charge is -2.30. The lowest BCUT2D eigenvalue weighted by Crippen LogP contribution is -2.37. The molecule has 41 heavy (non-hydrogen) atoms. The molecule has 2 aliphatic rings. The van der Waals surface area contributed by atoms with Gasteiger partial charge in [-0.2, -0.15) is 0 Å². The minimum atomic E-state index is -0.997. The Morgan fingerprint density at radius 1 is 1.20 bits per heavy atom. The molecule has 0 unspecified atom stereocenters. The van der Waals surface area contributed by atoms with Crippen LogP contribution in [0.4, 0.5) is 4.79 Å². The maximum atomic E-state index is 13.5. The van der Waals surface area contributed by atoms with Gasteiger partial charge in [0.25, 0.3) is 5.91 Å². The van der Waals surface area contributed by atoms with Crippen LogP contribution in [0, 0.1) is 11.8 Å². The van der Waals surface area contributed by atoms with Gasteiger partial charge in [0.15, 0.2) is 11.9 Å². The quantitative estimate of drug-likeness (QED) is 0.336. The van der Waals surface area contributed by atoms with Crippen molar-refractivity contribution in [2.45, 2.75) is 71.4 Å². The van der Waals surface area contributed by atoms with Crippen LogP contribution in [0.1, 0.15) is 47.0 Å². The van der Waals surface area contributed by atoms with Crippen LogP contribution in [0.2, 0.25) is 0 Å². The lowest BCUT2D eigenvalue weighted by atomic mass is 9.82. The van der Waals surface area contributed by atoms with E-state index in [-0.39, 0.29) is 35.8 Å². The number of hydrogen-bond donors (Lipinski definition) is 3. The summed E-state index contributed by atoms with van der Waals surface area (Å²) < 4.78 is 16.5. The van der Waals surface area contributed by atoms with Crippen molar-refractivity contribution in [2.24, 2.45) is 17.6 Å². The number of amides is 2. The van der Waals surface area contributed by atoms with Crippen molar-refractivity contribution in [3.05, 3.63) is 71.0 Å². The molecule has 2 amide bonds. The maximum absolute atomic E-state index is 13.5. The SMILES string of the molecule is C=CCC1=C2C[C@@H](C)C[C@H](OC)[C@H](O)[C@@H](C)C=C(C)[C@H](OC(N)=O)[C@@H](OC)C=CC=C(C)C(=O)NC(=CC1=O)C2=O. The van der Waals surface area contributed by atoms with Crippen molar-refractivity contribution >= 4 is 23.6 Å². The van der Waals surface area contributed by atoms with Crippen molar-refractivity contribution in [2.75, 3.05) is 14.2 Å². The number of allylic oxidation sites excluding steroid dienone is 6. The van der Waals surface area contributed by atoms with Crippen molar-refractivity contribution in [1.29, 1.82) is 0 Å². The van der Waals surface area contributed by atoms with Crippen LogP contribution in [0.25, 0.3) is 0 Å². The first-order valence-corrected chi connectivity index (χ1v) is 13.5. The highest BCUT2D eigenvalue weighted by Crippen LogP contribution is 2.30. The molecule has 0 radical (unpaired) electrons. The number of ketones is 2. The highest BCUT2D eigenvalue weighted by Gasteiger charge is 2.33. The van der Waals surface area contributed by atoms with E-state index in [1.54, 1.807) is 45.1 Å². The fraction of sp³-hybridized carbons (Fsp3) is 0.484. The summed E-state index contributed by atoms with van der Waals surface area (Å²) in [5.74, 6) is -1.97. The van der Waals surface area contributed by atoms with Gasteiger partial charge in [0, 0.05) is 42.9 Å². The fourth-order valence-corrected chi connectivity index (χ4v) is 5.01. The van der Waals surface area contributed by atoms with Crippen molar-refractivity contribution < 1.29 is 38.5 Å². The third-order valence-electron chi connectivity index (χ3n) is 7.26. The zero-order chi connectivity index (χ0) is 30.9. The Balaban J connectivity index is 2.62. The molecule has 0 saturated carbocycles. The number of carbonyl (C=O) groups excluding carboxylic acids is 4. The predicted molar refractivity (Wildman–Crippen MR) is 154 cm³/mol. The molecule has 0 aromatic carbocycles. The normalized spacial score (nSPS) is 28.9.